The van der Waals surface area contributed by atoms with Crippen LogP contribution >= 0.6 is 0 Å². The van der Waals surface area contributed by atoms with Crippen molar-refractivity contribution in [2.45, 2.75) is 51.7 Å². The van der Waals surface area contributed by atoms with Crippen molar-refractivity contribution in [3.8, 4) is 0 Å². The second-order valence-corrected chi connectivity index (χ2v) is 8.41. The molecule has 2 aromatic rings. The lowest BCUT2D eigenvalue weighted by molar-refractivity contribution is -0.0890. The lowest BCUT2D eigenvalue weighted by Crippen LogP contribution is -2.24. The summed E-state index contributed by atoms with van der Waals surface area (Å²) in [4.78, 5) is 13.5. The third-order valence-electron chi connectivity index (χ3n) is 6.11. The molecular weight excluding hydrogens is 445 g/mol. The zero-order valence-electron chi connectivity index (χ0n) is 19.4. The maximum atomic E-state index is 13.3. The minimum absolute atomic E-state index is 0.156. The summed E-state index contributed by atoms with van der Waals surface area (Å²) in [6.45, 7) is 8.25. The molecule has 0 N–H and O–H groups in total. The first kappa shape index (κ1) is 23.7. The number of halogens is 3. The number of nitrogens with zero attached hydrogens (tertiary/aromatic N) is 6. The number of rotatable bonds is 6. The van der Waals surface area contributed by atoms with E-state index >= 15 is 0 Å². The fraction of sp³-hybridized carbons (Fsp3) is 0.417. The normalized spacial score (nSPS) is 21.6. The predicted octanol–water partition coefficient (Wildman–Crippen LogP) is 5.19. The summed E-state index contributed by atoms with van der Waals surface area (Å²) in [5.74, 6) is 0.956. The first-order valence-corrected chi connectivity index (χ1v) is 11.1. The fourth-order valence-corrected chi connectivity index (χ4v) is 4.36. The van der Waals surface area contributed by atoms with Crippen LogP contribution in [0.2, 0.25) is 0 Å². The highest BCUT2D eigenvalue weighted by Crippen LogP contribution is 2.40. The van der Waals surface area contributed by atoms with E-state index in [-0.39, 0.29) is 11.8 Å². The molecule has 0 saturated heterocycles. The molecule has 0 saturated carbocycles. The molecule has 3 heterocycles. The molecule has 0 aromatic carbocycles. The van der Waals surface area contributed by atoms with E-state index in [4.69, 9.17) is 9.72 Å². The van der Waals surface area contributed by atoms with Gasteiger partial charge in [0.15, 0.2) is 5.82 Å². The zero-order chi connectivity index (χ0) is 24.5. The van der Waals surface area contributed by atoms with Gasteiger partial charge in [-0.2, -0.15) is 13.2 Å². The van der Waals surface area contributed by atoms with E-state index in [0.29, 0.717) is 36.2 Å². The lowest BCUT2D eigenvalue weighted by atomic mass is 9.80. The van der Waals surface area contributed by atoms with Gasteiger partial charge in [-0.1, -0.05) is 24.8 Å². The SMILES string of the molecule is C=CC(=N/C(OC)=C(\C)n1cnc(C)c1)c1nc2n(n1)CCC[C@H]2[C@H]1C=C(C(F)(F)F)C=CC1. The van der Waals surface area contributed by atoms with Gasteiger partial charge in [-0.25, -0.2) is 19.6 Å². The van der Waals surface area contributed by atoms with E-state index in [9.17, 15) is 13.2 Å². The first-order valence-electron chi connectivity index (χ1n) is 11.1. The number of aliphatic imine (C=N–C) groups is 1. The highest BCUT2D eigenvalue weighted by molar-refractivity contribution is 6.06. The van der Waals surface area contributed by atoms with Gasteiger partial charge in [-0.3, -0.25) is 0 Å². The number of allylic oxidation sites excluding steroid dienone is 6. The standard InChI is InChI=1S/C24H27F3N6O/c1-5-20(29-23(34-4)16(3)32-13-15(2)28-14-32)21-30-22-19(10-7-11-33(22)31-21)17-8-6-9-18(12-17)24(25,26)27/h5-6,9,12-14,17,19H,1,7-8,10-11H2,2-4H3/b23-16-,29-20?/t17-,19+/m1/s1. The van der Waals surface area contributed by atoms with Crippen LogP contribution < -0.4 is 0 Å². The van der Waals surface area contributed by atoms with Crippen LogP contribution in [0, 0.1) is 12.8 Å². The zero-order valence-corrected chi connectivity index (χ0v) is 19.4. The summed E-state index contributed by atoms with van der Waals surface area (Å²) in [7, 11) is 1.52. The number of hydrogen-bond acceptors (Lipinski definition) is 5. The lowest BCUT2D eigenvalue weighted by Gasteiger charge is -2.29. The highest BCUT2D eigenvalue weighted by atomic mass is 19.4. The van der Waals surface area contributed by atoms with Crippen molar-refractivity contribution in [3.05, 3.63) is 72.2 Å². The van der Waals surface area contributed by atoms with Crippen LogP contribution in [0.15, 0.2) is 59.9 Å². The van der Waals surface area contributed by atoms with Crippen LogP contribution in [-0.4, -0.2) is 43.3 Å². The number of aryl methyl sites for hydroxylation is 2. The number of ether oxygens (including phenoxy) is 1. The summed E-state index contributed by atoms with van der Waals surface area (Å²) < 4.78 is 48.9. The molecule has 7 nitrogen and oxygen atoms in total. The maximum Gasteiger partial charge on any atom is 0.416 e. The summed E-state index contributed by atoms with van der Waals surface area (Å²) in [6, 6.07) is 0. The predicted molar refractivity (Wildman–Crippen MR) is 123 cm³/mol. The first-order chi connectivity index (χ1) is 16.2. The summed E-state index contributed by atoms with van der Waals surface area (Å²) in [5, 5.41) is 4.60. The Balaban J connectivity index is 1.68. The minimum Gasteiger partial charge on any atom is -0.480 e. The van der Waals surface area contributed by atoms with Crippen molar-refractivity contribution in [1.82, 2.24) is 24.3 Å². The van der Waals surface area contributed by atoms with E-state index in [2.05, 4.69) is 21.7 Å². The molecule has 0 amide bonds. The summed E-state index contributed by atoms with van der Waals surface area (Å²) in [6.07, 6.45) is 6.90. The van der Waals surface area contributed by atoms with Crippen molar-refractivity contribution >= 4 is 11.4 Å². The second-order valence-electron chi connectivity index (χ2n) is 8.41. The maximum absolute atomic E-state index is 13.3. The molecule has 0 bridgehead atoms. The van der Waals surface area contributed by atoms with Crippen molar-refractivity contribution in [3.63, 3.8) is 0 Å². The molecular formula is C24H27F3N6O. The Morgan fingerprint density at radius 3 is 2.79 bits per heavy atom. The molecule has 180 valence electrons. The molecule has 2 aliphatic rings. The number of imidazole rings is 1. The molecule has 2 aromatic heterocycles. The van der Waals surface area contributed by atoms with Crippen LogP contribution in [0.3, 0.4) is 0 Å². The van der Waals surface area contributed by atoms with Crippen LogP contribution in [0.4, 0.5) is 13.2 Å². The molecule has 1 aliphatic heterocycles. The van der Waals surface area contributed by atoms with Gasteiger partial charge in [0, 0.05) is 18.7 Å². The second kappa shape index (κ2) is 9.44. The average molecular weight is 473 g/mol. The average Bonchev–Trinajstić information content (AvgIpc) is 3.45. The molecule has 34 heavy (non-hydrogen) atoms. The van der Waals surface area contributed by atoms with E-state index in [0.717, 1.165) is 30.3 Å². The highest BCUT2D eigenvalue weighted by Gasteiger charge is 2.37. The van der Waals surface area contributed by atoms with Crippen molar-refractivity contribution in [2.24, 2.45) is 10.9 Å². The topological polar surface area (TPSA) is 70.1 Å². The number of fused-ring (bicyclic) bond motifs is 1. The molecule has 0 fully saturated rings. The van der Waals surface area contributed by atoms with Gasteiger partial charge in [-0.05, 0) is 45.1 Å². The van der Waals surface area contributed by atoms with Gasteiger partial charge < -0.3 is 9.30 Å². The summed E-state index contributed by atoms with van der Waals surface area (Å²) >= 11 is 0. The Bertz CT molecular complexity index is 1200. The van der Waals surface area contributed by atoms with Gasteiger partial charge in [0.2, 0.25) is 5.88 Å². The molecule has 10 heteroatoms. The molecule has 2 atom stereocenters. The molecule has 0 radical (unpaired) electrons. The Hall–Kier alpha value is -3.43. The quantitative estimate of drug-likeness (QED) is 0.428. The van der Waals surface area contributed by atoms with Crippen LogP contribution in [0.1, 0.15) is 49.4 Å². The molecule has 4 rings (SSSR count). The van der Waals surface area contributed by atoms with Crippen LogP contribution in [-0.2, 0) is 11.3 Å². The number of hydrogen-bond donors (Lipinski definition) is 0. The van der Waals surface area contributed by atoms with E-state index in [1.807, 2.05) is 20.0 Å². The van der Waals surface area contributed by atoms with Crippen LogP contribution in [0.5, 0.6) is 0 Å². The molecule has 0 unspecified atom stereocenters. The Morgan fingerprint density at radius 1 is 1.35 bits per heavy atom. The van der Waals surface area contributed by atoms with Gasteiger partial charge in [-0.15, -0.1) is 5.10 Å². The summed E-state index contributed by atoms with van der Waals surface area (Å²) in [5.41, 5.74) is 1.40. The third kappa shape index (κ3) is 4.76. The number of methoxy groups -OCH3 is 1. The van der Waals surface area contributed by atoms with Crippen LogP contribution in [0.25, 0.3) is 5.70 Å². The van der Waals surface area contributed by atoms with E-state index < -0.39 is 11.7 Å². The Labute approximate surface area is 196 Å². The largest absolute Gasteiger partial charge is 0.480 e. The molecule has 0 spiro atoms. The number of aromatic nitrogens is 5. The minimum atomic E-state index is -4.36. The Morgan fingerprint density at radius 2 is 2.15 bits per heavy atom. The van der Waals surface area contributed by atoms with Crippen molar-refractivity contribution in [2.75, 3.05) is 7.11 Å². The number of alkyl halides is 3. The monoisotopic (exact) mass is 472 g/mol. The van der Waals surface area contributed by atoms with E-state index in [1.165, 1.54) is 13.2 Å². The Kier molecular flexibility index (Phi) is 6.58. The smallest absolute Gasteiger partial charge is 0.416 e. The third-order valence-corrected chi connectivity index (χ3v) is 6.11. The molecule has 1 aliphatic carbocycles. The van der Waals surface area contributed by atoms with E-state index in [1.54, 1.807) is 27.7 Å². The van der Waals surface area contributed by atoms with Gasteiger partial charge in [0.05, 0.1) is 30.4 Å². The van der Waals surface area contributed by atoms with Gasteiger partial charge >= 0.3 is 6.18 Å². The van der Waals surface area contributed by atoms with Crippen molar-refractivity contribution < 1.29 is 17.9 Å². The van der Waals surface area contributed by atoms with Crippen molar-refractivity contribution in [1.29, 1.82) is 0 Å². The fourth-order valence-electron chi connectivity index (χ4n) is 4.36. The van der Waals surface area contributed by atoms with Gasteiger partial charge in [0.25, 0.3) is 0 Å². The van der Waals surface area contributed by atoms with Gasteiger partial charge in [0.1, 0.15) is 11.5 Å².